The fourth-order valence-corrected chi connectivity index (χ4v) is 4.07. The van der Waals surface area contributed by atoms with Gasteiger partial charge in [0, 0.05) is 43.4 Å². The van der Waals surface area contributed by atoms with Crippen molar-refractivity contribution in [1.29, 1.82) is 0 Å². The number of hydrogen-bond acceptors (Lipinski definition) is 8. The molecule has 0 aliphatic carbocycles. The van der Waals surface area contributed by atoms with E-state index in [0.29, 0.717) is 37.6 Å². The van der Waals surface area contributed by atoms with Gasteiger partial charge in [-0.15, -0.1) is 0 Å². The zero-order valence-corrected chi connectivity index (χ0v) is 17.6. The first kappa shape index (κ1) is 20.6. The summed E-state index contributed by atoms with van der Waals surface area (Å²) < 4.78 is 14.2. The minimum Gasteiger partial charge on any atom is -0.366 e. The molecule has 0 spiro atoms. The highest BCUT2D eigenvalue weighted by atomic mass is 19.1. The normalized spacial score (nSPS) is 13.8. The molecule has 2 aromatic carbocycles. The van der Waals surface area contributed by atoms with E-state index in [2.05, 4.69) is 20.3 Å². The number of para-hydroxylation sites is 1. The van der Waals surface area contributed by atoms with Gasteiger partial charge in [-0.3, -0.25) is 15.1 Å². The zero-order valence-electron chi connectivity index (χ0n) is 17.6. The van der Waals surface area contributed by atoms with Gasteiger partial charge in [0.15, 0.2) is 0 Å². The van der Waals surface area contributed by atoms with Gasteiger partial charge in [0.25, 0.3) is 0 Å². The summed E-state index contributed by atoms with van der Waals surface area (Å²) in [7, 11) is 0. The third-order valence-electron chi connectivity index (χ3n) is 5.66. The van der Waals surface area contributed by atoms with Gasteiger partial charge < -0.3 is 15.1 Å². The molecule has 10 heteroatoms. The van der Waals surface area contributed by atoms with Crippen LogP contribution in [0.15, 0.2) is 67.1 Å². The SMILES string of the molecule is O=[N+]([O-])c1c(Nc2cccc3ncccc23)ncnc1N1CCN(c2ccccc2F)CC1. The van der Waals surface area contributed by atoms with Gasteiger partial charge in [-0.05, 0) is 36.4 Å². The molecule has 5 rings (SSSR count). The van der Waals surface area contributed by atoms with E-state index in [1.165, 1.54) is 12.4 Å². The Kier molecular flexibility index (Phi) is 5.39. The predicted octanol–water partition coefficient (Wildman–Crippen LogP) is 4.14. The molecule has 0 saturated carbocycles. The lowest BCUT2D eigenvalue weighted by Gasteiger charge is -2.36. The Labute approximate surface area is 188 Å². The van der Waals surface area contributed by atoms with Crippen molar-refractivity contribution < 1.29 is 9.31 Å². The van der Waals surface area contributed by atoms with E-state index in [1.807, 2.05) is 40.1 Å². The quantitative estimate of drug-likeness (QED) is 0.361. The van der Waals surface area contributed by atoms with Gasteiger partial charge in [0.2, 0.25) is 11.6 Å². The smallest absolute Gasteiger partial charge is 0.353 e. The van der Waals surface area contributed by atoms with Crippen LogP contribution in [0.3, 0.4) is 0 Å². The summed E-state index contributed by atoms with van der Waals surface area (Å²) in [6, 6.07) is 15.8. The van der Waals surface area contributed by atoms with Gasteiger partial charge >= 0.3 is 5.69 Å². The molecule has 1 saturated heterocycles. The molecule has 0 radical (unpaired) electrons. The molecule has 2 aromatic heterocycles. The molecule has 0 bridgehead atoms. The van der Waals surface area contributed by atoms with E-state index in [4.69, 9.17) is 0 Å². The zero-order chi connectivity index (χ0) is 22.8. The highest BCUT2D eigenvalue weighted by molar-refractivity contribution is 5.93. The third kappa shape index (κ3) is 3.98. The van der Waals surface area contributed by atoms with Crippen LogP contribution in [0.25, 0.3) is 10.9 Å². The van der Waals surface area contributed by atoms with Crippen LogP contribution in [-0.4, -0.2) is 46.1 Å². The number of hydrogen-bond donors (Lipinski definition) is 1. The first-order chi connectivity index (χ1) is 16.1. The standard InChI is InChI=1S/C23H20FN7O2/c24-17-6-1-2-9-20(17)29-11-13-30(14-12-29)23-21(31(32)33)22(26-15-27-23)28-19-8-3-7-18-16(19)5-4-10-25-18/h1-10,15H,11-14H2,(H,26,27,28). The minimum absolute atomic E-state index is 0.109. The summed E-state index contributed by atoms with van der Waals surface area (Å²) in [5.74, 6) is 0.0666. The van der Waals surface area contributed by atoms with E-state index < -0.39 is 4.92 Å². The summed E-state index contributed by atoms with van der Waals surface area (Å²) in [6.07, 6.45) is 3.01. The van der Waals surface area contributed by atoms with Crippen LogP contribution in [0.1, 0.15) is 0 Å². The van der Waals surface area contributed by atoms with Gasteiger partial charge in [-0.1, -0.05) is 18.2 Å². The molecule has 1 aliphatic heterocycles. The van der Waals surface area contributed by atoms with Gasteiger partial charge in [-0.25, -0.2) is 14.4 Å². The first-order valence-corrected chi connectivity index (χ1v) is 10.5. The monoisotopic (exact) mass is 445 g/mol. The number of anilines is 4. The van der Waals surface area contributed by atoms with E-state index in [0.717, 1.165) is 10.9 Å². The predicted molar refractivity (Wildman–Crippen MR) is 125 cm³/mol. The largest absolute Gasteiger partial charge is 0.366 e. The number of nitro groups is 1. The van der Waals surface area contributed by atoms with Crippen LogP contribution >= 0.6 is 0 Å². The molecule has 0 atom stereocenters. The number of piperazine rings is 1. The number of halogens is 1. The maximum absolute atomic E-state index is 14.2. The second-order valence-corrected chi connectivity index (χ2v) is 7.58. The van der Waals surface area contributed by atoms with Gasteiger partial charge in [-0.2, -0.15) is 0 Å². The average molecular weight is 445 g/mol. The Morgan fingerprint density at radius 2 is 1.70 bits per heavy atom. The van der Waals surface area contributed by atoms with Crippen molar-refractivity contribution in [3.05, 3.63) is 83.1 Å². The molecule has 1 aliphatic rings. The molecule has 9 nitrogen and oxygen atoms in total. The first-order valence-electron chi connectivity index (χ1n) is 10.5. The molecule has 0 amide bonds. The van der Waals surface area contributed by atoms with Crippen molar-refractivity contribution in [3.8, 4) is 0 Å². The highest BCUT2D eigenvalue weighted by Crippen LogP contribution is 2.35. The van der Waals surface area contributed by atoms with Crippen molar-refractivity contribution in [2.24, 2.45) is 0 Å². The van der Waals surface area contributed by atoms with Crippen LogP contribution in [0.5, 0.6) is 0 Å². The molecule has 33 heavy (non-hydrogen) atoms. The number of pyridine rings is 1. The van der Waals surface area contributed by atoms with E-state index >= 15 is 0 Å². The van der Waals surface area contributed by atoms with Crippen LogP contribution in [0, 0.1) is 15.9 Å². The summed E-state index contributed by atoms with van der Waals surface area (Å²) in [6.45, 7) is 1.95. The van der Waals surface area contributed by atoms with Crippen molar-refractivity contribution in [3.63, 3.8) is 0 Å². The number of nitrogens with zero attached hydrogens (tertiary/aromatic N) is 6. The number of rotatable bonds is 5. The summed E-state index contributed by atoms with van der Waals surface area (Å²) in [5, 5.41) is 16.0. The van der Waals surface area contributed by atoms with Crippen molar-refractivity contribution in [2.45, 2.75) is 0 Å². The molecule has 1 fully saturated rings. The van der Waals surface area contributed by atoms with E-state index in [1.54, 1.807) is 24.4 Å². The Bertz CT molecular complexity index is 1320. The molecule has 3 heterocycles. The third-order valence-corrected chi connectivity index (χ3v) is 5.66. The fourth-order valence-electron chi connectivity index (χ4n) is 4.07. The molecular weight excluding hydrogens is 425 g/mol. The maximum Gasteiger partial charge on any atom is 0.353 e. The molecule has 166 valence electrons. The highest BCUT2D eigenvalue weighted by Gasteiger charge is 2.30. The second-order valence-electron chi connectivity index (χ2n) is 7.58. The Hall–Kier alpha value is -4.34. The minimum atomic E-state index is -0.468. The lowest BCUT2D eigenvalue weighted by molar-refractivity contribution is -0.383. The van der Waals surface area contributed by atoms with Crippen molar-refractivity contribution in [2.75, 3.05) is 41.3 Å². The topological polar surface area (TPSA) is 100 Å². The van der Waals surface area contributed by atoms with E-state index in [9.17, 15) is 14.5 Å². The Morgan fingerprint density at radius 1 is 0.909 bits per heavy atom. The number of fused-ring (bicyclic) bond motifs is 1. The summed E-state index contributed by atoms with van der Waals surface area (Å²) >= 11 is 0. The molecular formula is C23H20FN7O2. The van der Waals surface area contributed by atoms with Gasteiger partial charge in [0.1, 0.15) is 12.1 Å². The lowest BCUT2D eigenvalue weighted by Crippen LogP contribution is -2.47. The Morgan fingerprint density at radius 3 is 2.48 bits per heavy atom. The number of nitrogens with one attached hydrogen (secondary N) is 1. The van der Waals surface area contributed by atoms with E-state index in [-0.39, 0.29) is 23.1 Å². The molecule has 0 unspecified atom stereocenters. The number of aromatic nitrogens is 3. The van der Waals surface area contributed by atoms with Crippen molar-refractivity contribution >= 4 is 39.6 Å². The molecule has 4 aromatic rings. The Balaban J connectivity index is 1.43. The number of benzene rings is 2. The van der Waals surface area contributed by atoms with Gasteiger partial charge in [0.05, 0.1) is 16.1 Å². The van der Waals surface area contributed by atoms with Crippen LogP contribution in [-0.2, 0) is 0 Å². The lowest BCUT2D eigenvalue weighted by atomic mass is 10.2. The average Bonchev–Trinajstić information content (AvgIpc) is 2.84. The van der Waals surface area contributed by atoms with Crippen LogP contribution in [0.2, 0.25) is 0 Å². The molecule has 1 N–H and O–H groups in total. The fraction of sp³-hybridized carbons (Fsp3) is 0.174. The second kappa shape index (κ2) is 8.65. The summed E-state index contributed by atoms with van der Waals surface area (Å²) in [4.78, 5) is 28.1. The van der Waals surface area contributed by atoms with Crippen molar-refractivity contribution in [1.82, 2.24) is 15.0 Å². The summed E-state index contributed by atoms with van der Waals surface area (Å²) in [5.41, 5.74) is 1.76. The van der Waals surface area contributed by atoms with Crippen LogP contribution in [0.4, 0.5) is 33.1 Å². The maximum atomic E-state index is 14.2. The van der Waals surface area contributed by atoms with Crippen LogP contribution < -0.4 is 15.1 Å².